The van der Waals surface area contributed by atoms with Crippen molar-refractivity contribution in [1.82, 2.24) is 14.9 Å². The van der Waals surface area contributed by atoms with Gasteiger partial charge >= 0.3 is 0 Å². The normalized spacial score (nSPS) is 10.4. The van der Waals surface area contributed by atoms with E-state index in [0.717, 1.165) is 12.2 Å². The van der Waals surface area contributed by atoms with Crippen LogP contribution in [0.1, 0.15) is 23.4 Å². The zero-order chi connectivity index (χ0) is 13.7. The monoisotopic (exact) mass is 257 g/mol. The van der Waals surface area contributed by atoms with Gasteiger partial charge in [-0.2, -0.15) is 0 Å². The molecule has 0 saturated carbocycles. The first-order valence-corrected chi connectivity index (χ1v) is 6.43. The van der Waals surface area contributed by atoms with Crippen molar-refractivity contribution in [2.75, 3.05) is 7.05 Å². The minimum atomic E-state index is 0.137. The van der Waals surface area contributed by atoms with E-state index in [9.17, 15) is 4.79 Å². The molecule has 0 unspecified atom stereocenters. The van der Waals surface area contributed by atoms with E-state index in [1.165, 1.54) is 11.1 Å². The molecule has 1 amide bonds. The lowest BCUT2D eigenvalue weighted by Gasteiger charge is -2.15. The molecule has 0 atom stereocenters. The Morgan fingerprint density at radius 3 is 2.95 bits per heavy atom. The van der Waals surface area contributed by atoms with Crippen LogP contribution in [0.3, 0.4) is 0 Å². The lowest BCUT2D eigenvalue weighted by molar-refractivity contribution is -0.130. The van der Waals surface area contributed by atoms with Crippen LogP contribution in [0.4, 0.5) is 0 Å². The summed E-state index contributed by atoms with van der Waals surface area (Å²) in [6.45, 7) is 2.59. The fraction of sp³-hybridized carbons (Fsp3) is 0.333. The standard InChI is InChI=1S/C15H19N3O/c1-12-4-3-5-13(10-12)6-7-15(19)18(2)11-14-16-8-9-17-14/h3-5,8-10H,6-7,11H2,1-2H3,(H,16,17). The smallest absolute Gasteiger partial charge is 0.223 e. The van der Waals surface area contributed by atoms with Gasteiger partial charge in [0, 0.05) is 25.9 Å². The van der Waals surface area contributed by atoms with Crippen LogP contribution in [-0.2, 0) is 17.8 Å². The zero-order valence-corrected chi connectivity index (χ0v) is 11.4. The molecule has 1 aromatic carbocycles. The molecule has 100 valence electrons. The van der Waals surface area contributed by atoms with Crippen LogP contribution in [0.25, 0.3) is 0 Å². The molecule has 1 N–H and O–H groups in total. The van der Waals surface area contributed by atoms with Crippen molar-refractivity contribution in [2.45, 2.75) is 26.3 Å². The maximum atomic E-state index is 12.0. The molecular weight excluding hydrogens is 238 g/mol. The quantitative estimate of drug-likeness (QED) is 0.893. The first-order valence-electron chi connectivity index (χ1n) is 6.43. The van der Waals surface area contributed by atoms with Crippen LogP contribution < -0.4 is 0 Å². The van der Waals surface area contributed by atoms with Gasteiger partial charge in [0.1, 0.15) is 5.82 Å². The van der Waals surface area contributed by atoms with Crippen molar-refractivity contribution < 1.29 is 4.79 Å². The highest BCUT2D eigenvalue weighted by molar-refractivity contribution is 5.76. The van der Waals surface area contributed by atoms with Gasteiger partial charge < -0.3 is 9.88 Å². The largest absolute Gasteiger partial charge is 0.347 e. The van der Waals surface area contributed by atoms with Gasteiger partial charge in [-0.1, -0.05) is 29.8 Å². The van der Waals surface area contributed by atoms with Crippen LogP contribution in [0, 0.1) is 6.92 Å². The molecule has 0 saturated heterocycles. The van der Waals surface area contributed by atoms with Crippen LogP contribution in [0.2, 0.25) is 0 Å². The van der Waals surface area contributed by atoms with Crippen molar-refractivity contribution >= 4 is 5.91 Å². The average molecular weight is 257 g/mol. The second-order valence-corrected chi connectivity index (χ2v) is 4.77. The fourth-order valence-electron chi connectivity index (χ4n) is 2.01. The summed E-state index contributed by atoms with van der Waals surface area (Å²) < 4.78 is 0. The van der Waals surface area contributed by atoms with Crippen molar-refractivity contribution in [2.24, 2.45) is 0 Å². The topological polar surface area (TPSA) is 49.0 Å². The number of aromatic nitrogens is 2. The Kier molecular flexibility index (Phi) is 4.34. The molecule has 1 heterocycles. The van der Waals surface area contributed by atoms with Crippen LogP contribution in [0.5, 0.6) is 0 Å². The Morgan fingerprint density at radius 2 is 2.26 bits per heavy atom. The summed E-state index contributed by atoms with van der Waals surface area (Å²) >= 11 is 0. The fourth-order valence-corrected chi connectivity index (χ4v) is 2.01. The molecule has 0 spiro atoms. The summed E-state index contributed by atoms with van der Waals surface area (Å²) in [7, 11) is 1.81. The molecule has 4 nitrogen and oxygen atoms in total. The van der Waals surface area contributed by atoms with E-state index in [-0.39, 0.29) is 5.91 Å². The Bertz CT molecular complexity index is 534. The maximum Gasteiger partial charge on any atom is 0.223 e. The number of nitrogens with one attached hydrogen (secondary N) is 1. The number of nitrogens with zero attached hydrogens (tertiary/aromatic N) is 2. The third-order valence-corrected chi connectivity index (χ3v) is 3.08. The SMILES string of the molecule is Cc1cccc(CCC(=O)N(C)Cc2ncc[nH]2)c1. The molecule has 0 bridgehead atoms. The number of hydrogen-bond acceptors (Lipinski definition) is 2. The number of carbonyl (C=O) groups excluding carboxylic acids is 1. The van der Waals surface area contributed by atoms with Gasteiger partial charge in [-0.05, 0) is 18.9 Å². The highest BCUT2D eigenvalue weighted by Gasteiger charge is 2.10. The summed E-state index contributed by atoms with van der Waals surface area (Å²) in [5.74, 6) is 0.948. The van der Waals surface area contributed by atoms with E-state index in [1.54, 1.807) is 24.3 Å². The van der Waals surface area contributed by atoms with E-state index in [1.807, 2.05) is 6.07 Å². The Morgan fingerprint density at radius 1 is 1.42 bits per heavy atom. The summed E-state index contributed by atoms with van der Waals surface area (Å²) in [4.78, 5) is 20.8. The van der Waals surface area contributed by atoms with Gasteiger partial charge in [0.15, 0.2) is 0 Å². The number of H-pyrrole nitrogens is 1. The lowest BCUT2D eigenvalue weighted by atomic mass is 10.1. The number of imidazole rings is 1. The number of rotatable bonds is 5. The maximum absolute atomic E-state index is 12.0. The van der Waals surface area contributed by atoms with E-state index in [0.29, 0.717) is 13.0 Å². The van der Waals surface area contributed by atoms with E-state index in [2.05, 4.69) is 35.1 Å². The molecule has 0 fully saturated rings. The van der Waals surface area contributed by atoms with Gasteiger partial charge in [-0.25, -0.2) is 4.98 Å². The number of aromatic amines is 1. The van der Waals surface area contributed by atoms with Gasteiger partial charge in [0.05, 0.1) is 6.54 Å². The van der Waals surface area contributed by atoms with Gasteiger partial charge in [-0.3, -0.25) is 4.79 Å². The highest BCUT2D eigenvalue weighted by atomic mass is 16.2. The first kappa shape index (κ1) is 13.3. The van der Waals surface area contributed by atoms with Crippen molar-refractivity contribution in [3.63, 3.8) is 0 Å². The molecule has 0 aliphatic heterocycles. The Balaban J connectivity index is 1.84. The summed E-state index contributed by atoms with van der Waals surface area (Å²) in [6, 6.07) is 8.28. The third kappa shape index (κ3) is 3.95. The summed E-state index contributed by atoms with van der Waals surface area (Å²) in [5.41, 5.74) is 2.44. The minimum absolute atomic E-state index is 0.137. The second-order valence-electron chi connectivity index (χ2n) is 4.77. The third-order valence-electron chi connectivity index (χ3n) is 3.08. The predicted octanol–water partition coefficient (Wildman–Crippen LogP) is 2.31. The predicted molar refractivity (Wildman–Crippen MR) is 74.6 cm³/mol. The summed E-state index contributed by atoms with van der Waals surface area (Å²) in [6.07, 6.45) is 4.77. The van der Waals surface area contributed by atoms with E-state index >= 15 is 0 Å². The first-order chi connectivity index (χ1) is 9.15. The average Bonchev–Trinajstić information content (AvgIpc) is 2.89. The molecule has 0 aliphatic rings. The highest BCUT2D eigenvalue weighted by Crippen LogP contribution is 2.08. The van der Waals surface area contributed by atoms with Crippen molar-refractivity contribution in [1.29, 1.82) is 0 Å². The number of benzene rings is 1. The lowest BCUT2D eigenvalue weighted by Crippen LogP contribution is -2.26. The number of carbonyl (C=O) groups is 1. The molecule has 1 aromatic heterocycles. The van der Waals surface area contributed by atoms with Crippen LogP contribution >= 0.6 is 0 Å². The van der Waals surface area contributed by atoms with Gasteiger partial charge in [0.25, 0.3) is 0 Å². The molecule has 2 rings (SSSR count). The number of hydrogen-bond donors (Lipinski definition) is 1. The second kappa shape index (κ2) is 6.18. The molecular formula is C15H19N3O. The zero-order valence-electron chi connectivity index (χ0n) is 11.4. The molecule has 2 aromatic rings. The van der Waals surface area contributed by atoms with Crippen molar-refractivity contribution in [3.8, 4) is 0 Å². The van der Waals surface area contributed by atoms with Crippen LogP contribution in [-0.4, -0.2) is 27.8 Å². The molecule has 0 radical (unpaired) electrons. The van der Waals surface area contributed by atoms with Crippen LogP contribution in [0.15, 0.2) is 36.7 Å². The summed E-state index contributed by atoms with van der Waals surface area (Å²) in [5, 5.41) is 0. The minimum Gasteiger partial charge on any atom is -0.347 e. The van der Waals surface area contributed by atoms with Gasteiger partial charge in [0.2, 0.25) is 5.91 Å². The Labute approximate surface area is 113 Å². The number of amides is 1. The van der Waals surface area contributed by atoms with E-state index in [4.69, 9.17) is 0 Å². The Hall–Kier alpha value is -2.10. The van der Waals surface area contributed by atoms with Crippen molar-refractivity contribution in [3.05, 3.63) is 53.6 Å². The molecule has 4 heteroatoms. The van der Waals surface area contributed by atoms with Gasteiger partial charge in [-0.15, -0.1) is 0 Å². The molecule has 19 heavy (non-hydrogen) atoms. The number of aryl methyl sites for hydroxylation is 2. The van der Waals surface area contributed by atoms with E-state index < -0.39 is 0 Å². The molecule has 0 aliphatic carbocycles.